The van der Waals surface area contributed by atoms with Crippen LogP contribution >= 0.6 is 0 Å². The largest absolute Gasteiger partial charge is 0.494 e. The summed E-state index contributed by atoms with van der Waals surface area (Å²) in [5.41, 5.74) is 1.21. The number of amides is 1. The number of rotatable bonds is 8. The Balaban J connectivity index is 2.33. The Morgan fingerprint density at radius 3 is 2.75 bits per heavy atom. The second-order valence-corrected chi connectivity index (χ2v) is 5.42. The molecule has 0 bridgehead atoms. The summed E-state index contributed by atoms with van der Waals surface area (Å²) in [5, 5.41) is 3.38. The Bertz CT molecular complexity index is 417. The maximum atomic E-state index is 11.4. The molecule has 1 aromatic rings. The molecule has 1 rings (SSSR count). The fraction of sp³-hybridized carbons (Fsp3) is 0.562. The van der Waals surface area contributed by atoms with Gasteiger partial charge in [0.2, 0.25) is 5.91 Å². The first-order chi connectivity index (χ1) is 9.49. The van der Waals surface area contributed by atoms with E-state index < -0.39 is 0 Å². The molecule has 0 aliphatic rings. The molecule has 0 saturated heterocycles. The van der Waals surface area contributed by atoms with Crippen molar-refractivity contribution < 1.29 is 9.53 Å². The van der Waals surface area contributed by atoms with Crippen molar-refractivity contribution in [3.05, 3.63) is 29.8 Å². The third kappa shape index (κ3) is 6.57. The predicted molar refractivity (Wildman–Crippen MR) is 81.8 cm³/mol. The first-order valence-electron chi connectivity index (χ1n) is 7.14. The molecule has 0 heterocycles. The summed E-state index contributed by atoms with van der Waals surface area (Å²) in [4.78, 5) is 13.0. The van der Waals surface area contributed by atoms with Crippen LogP contribution in [-0.2, 0) is 11.3 Å². The van der Waals surface area contributed by atoms with Crippen LogP contribution in [0, 0.1) is 0 Å². The van der Waals surface area contributed by atoms with Gasteiger partial charge in [-0.3, -0.25) is 4.79 Å². The molecule has 1 aromatic carbocycles. The monoisotopic (exact) mass is 278 g/mol. The minimum Gasteiger partial charge on any atom is -0.494 e. The van der Waals surface area contributed by atoms with Gasteiger partial charge in [-0.15, -0.1) is 0 Å². The van der Waals surface area contributed by atoms with Gasteiger partial charge in [-0.05, 0) is 24.1 Å². The standard InChI is InChI=1S/C16H26N2O2/c1-13(2)17-12-14-7-5-8-15(11-14)20-10-6-9-16(19)18(3)4/h5,7-8,11,13,17H,6,9-10,12H2,1-4H3. The normalized spacial score (nSPS) is 10.7. The number of carbonyl (C=O) groups is 1. The molecule has 4 heteroatoms. The van der Waals surface area contributed by atoms with E-state index in [1.165, 1.54) is 5.56 Å². The Labute approximate surface area is 122 Å². The van der Waals surface area contributed by atoms with Crippen LogP contribution in [0.5, 0.6) is 5.75 Å². The quantitative estimate of drug-likeness (QED) is 0.743. The number of nitrogens with zero attached hydrogens (tertiary/aromatic N) is 1. The Morgan fingerprint density at radius 2 is 2.10 bits per heavy atom. The van der Waals surface area contributed by atoms with Crippen molar-refractivity contribution in [2.75, 3.05) is 20.7 Å². The molecule has 0 fully saturated rings. The van der Waals surface area contributed by atoms with Gasteiger partial charge in [0.05, 0.1) is 6.61 Å². The average molecular weight is 278 g/mol. The molecule has 0 aromatic heterocycles. The van der Waals surface area contributed by atoms with E-state index in [1.54, 1.807) is 19.0 Å². The molecule has 0 saturated carbocycles. The first kappa shape index (κ1) is 16.5. The van der Waals surface area contributed by atoms with Crippen molar-refractivity contribution in [1.29, 1.82) is 0 Å². The van der Waals surface area contributed by atoms with Gasteiger partial charge in [-0.25, -0.2) is 0 Å². The van der Waals surface area contributed by atoms with Crippen LogP contribution in [0.3, 0.4) is 0 Å². The van der Waals surface area contributed by atoms with Crippen molar-refractivity contribution in [1.82, 2.24) is 10.2 Å². The van der Waals surface area contributed by atoms with Gasteiger partial charge in [-0.1, -0.05) is 26.0 Å². The lowest BCUT2D eigenvalue weighted by atomic mass is 10.2. The van der Waals surface area contributed by atoms with Crippen LogP contribution in [0.4, 0.5) is 0 Å². The molecule has 0 atom stereocenters. The average Bonchev–Trinajstić information content (AvgIpc) is 2.41. The third-order valence-electron chi connectivity index (χ3n) is 2.92. The lowest BCUT2D eigenvalue weighted by Gasteiger charge is -2.12. The van der Waals surface area contributed by atoms with Crippen LogP contribution in [-0.4, -0.2) is 37.6 Å². The topological polar surface area (TPSA) is 41.6 Å². The third-order valence-corrected chi connectivity index (χ3v) is 2.92. The summed E-state index contributed by atoms with van der Waals surface area (Å²) in [6.07, 6.45) is 1.27. The van der Waals surface area contributed by atoms with Crippen molar-refractivity contribution in [3.63, 3.8) is 0 Å². The highest BCUT2D eigenvalue weighted by atomic mass is 16.5. The van der Waals surface area contributed by atoms with Gasteiger partial charge < -0.3 is 15.0 Å². The molecule has 0 aliphatic heterocycles. The second kappa shape index (κ2) is 8.59. The Hall–Kier alpha value is -1.55. The fourth-order valence-electron chi connectivity index (χ4n) is 1.70. The first-order valence-corrected chi connectivity index (χ1v) is 7.14. The molecule has 0 radical (unpaired) electrons. The summed E-state index contributed by atoms with van der Waals surface area (Å²) < 4.78 is 5.69. The second-order valence-electron chi connectivity index (χ2n) is 5.42. The number of ether oxygens (including phenoxy) is 1. The van der Waals surface area contributed by atoms with E-state index in [-0.39, 0.29) is 5.91 Å². The molecular weight excluding hydrogens is 252 g/mol. The summed E-state index contributed by atoms with van der Waals surface area (Å²) in [6.45, 7) is 5.67. The van der Waals surface area contributed by atoms with Crippen LogP contribution in [0.1, 0.15) is 32.3 Å². The van der Waals surface area contributed by atoms with Gasteiger partial charge in [-0.2, -0.15) is 0 Å². The smallest absolute Gasteiger partial charge is 0.222 e. The molecular formula is C16H26N2O2. The van der Waals surface area contributed by atoms with E-state index in [4.69, 9.17) is 4.74 Å². The highest BCUT2D eigenvalue weighted by molar-refractivity contribution is 5.75. The molecule has 4 nitrogen and oxygen atoms in total. The van der Waals surface area contributed by atoms with Crippen LogP contribution in [0.2, 0.25) is 0 Å². The summed E-state index contributed by atoms with van der Waals surface area (Å²) in [5.74, 6) is 1.01. The van der Waals surface area contributed by atoms with Crippen molar-refractivity contribution in [3.8, 4) is 5.75 Å². The van der Waals surface area contributed by atoms with Crippen LogP contribution in [0.15, 0.2) is 24.3 Å². The van der Waals surface area contributed by atoms with E-state index >= 15 is 0 Å². The maximum Gasteiger partial charge on any atom is 0.222 e. The van der Waals surface area contributed by atoms with Gasteiger partial charge in [0, 0.05) is 33.1 Å². The highest BCUT2D eigenvalue weighted by Gasteiger charge is 2.03. The van der Waals surface area contributed by atoms with Crippen molar-refractivity contribution in [2.45, 2.75) is 39.3 Å². The van der Waals surface area contributed by atoms with Gasteiger partial charge >= 0.3 is 0 Å². The molecule has 112 valence electrons. The lowest BCUT2D eigenvalue weighted by molar-refractivity contribution is -0.128. The minimum atomic E-state index is 0.142. The van der Waals surface area contributed by atoms with Gasteiger partial charge in [0.15, 0.2) is 0 Å². The zero-order chi connectivity index (χ0) is 15.0. The molecule has 1 N–H and O–H groups in total. The van der Waals surface area contributed by atoms with Crippen molar-refractivity contribution >= 4 is 5.91 Å². The lowest BCUT2D eigenvalue weighted by Crippen LogP contribution is -2.22. The van der Waals surface area contributed by atoms with Gasteiger partial charge in [0.1, 0.15) is 5.75 Å². The maximum absolute atomic E-state index is 11.4. The number of hydrogen-bond donors (Lipinski definition) is 1. The number of carbonyl (C=O) groups excluding carboxylic acids is 1. The van der Waals surface area contributed by atoms with Crippen molar-refractivity contribution in [2.24, 2.45) is 0 Å². The molecule has 0 spiro atoms. The zero-order valence-corrected chi connectivity index (χ0v) is 13.0. The zero-order valence-electron chi connectivity index (χ0n) is 13.0. The SMILES string of the molecule is CC(C)NCc1cccc(OCCCC(=O)N(C)C)c1. The number of nitrogens with one attached hydrogen (secondary N) is 1. The molecule has 0 unspecified atom stereocenters. The Morgan fingerprint density at radius 1 is 1.35 bits per heavy atom. The number of benzene rings is 1. The van der Waals surface area contributed by atoms with Gasteiger partial charge in [0.25, 0.3) is 0 Å². The van der Waals surface area contributed by atoms with E-state index in [0.29, 0.717) is 19.1 Å². The van der Waals surface area contributed by atoms with E-state index in [9.17, 15) is 4.79 Å². The predicted octanol–water partition coefficient (Wildman–Crippen LogP) is 2.43. The minimum absolute atomic E-state index is 0.142. The summed E-state index contributed by atoms with van der Waals surface area (Å²) >= 11 is 0. The van der Waals surface area contributed by atoms with Crippen LogP contribution in [0.25, 0.3) is 0 Å². The highest BCUT2D eigenvalue weighted by Crippen LogP contribution is 2.14. The Kier molecular flexibility index (Phi) is 7.09. The van der Waals surface area contributed by atoms with E-state index in [0.717, 1.165) is 18.7 Å². The van der Waals surface area contributed by atoms with E-state index in [1.807, 2.05) is 18.2 Å². The molecule has 20 heavy (non-hydrogen) atoms. The summed E-state index contributed by atoms with van der Waals surface area (Å²) in [7, 11) is 3.54. The van der Waals surface area contributed by atoms with Crippen LogP contribution < -0.4 is 10.1 Å². The number of hydrogen-bond acceptors (Lipinski definition) is 3. The molecule has 0 aliphatic carbocycles. The van der Waals surface area contributed by atoms with E-state index in [2.05, 4.69) is 25.2 Å². The summed E-state index contributed by atoms with van der Waals surface area (Å²) in [6, 6.07) is 8.54. The molecule has 1 amide bonds. The fourth-order valence-corrected chi connectivity index (χ4v) is 1.70.